The van der Waals surface area contributed by atoms with Crippen LogP contribution in [0.3, 0.4) is 0 Å². The highest BCUT2D eigenvalue weighted by Crippen LogP contribution is 2.30. The van der Waals surface area contributed by atoms with Gasteiger partial charge >= 0.3 is 6.09 Å². The highest BCUT2D eigenvalue weighted by atomic mass is 32.1. The lowest BCUT2D eigenvalue weighted by Gasteiger charge is -2.30. The molecule has 1 atom stereocenters. The van der Waals surface area contributed by atoms with Crippen molar-refractivity contribution in [2.75, 3.05) is 36.0 Å². The number of ether oxygens (including phenoxy) is 1. The smallest absolute Gasteiger partial charge is 0.414 e. The molecule has 0 radical (unpaired) electrons. The number of hydrogen-bond acceptors (Lipinski definition) is 5. The van der Waals surface area contributed by atoms with Crippen LogP contribution in [0.15, 0.2) is 29.8 Å². The summed E-state index contributed by atoms with van der Waals surface area (Å²) in [5.41, 5.74) is 7.44. The summed E-state index contributed by atoms with van der Waals surface area (Å²) < 4.78 is 20.1. The van der Waals surface area contributed by atoms with Crippen LogP contribution in [0.2, 0.25) is 0 Å². The van der Waals surface area contributed by atoms with Crippen LogP contribution in [0.5, 0.6) is 0 Å². The van der Waals surface area contributed by atoms with Crippen LogP contribution in [0.4, 0.5) is 20.6 Å². The van der Waals surface area contributed by atoms with E-state index in [1.807, 2.05) is 11.0 Å². The number of cyclic esters (lactones) is 1. The molecular weight excluding hydrogens is 381 g/mol. The van der Waals surface area contributed by atoms with Crippen molar-refractivity contribution >= 4 is 34.8 Å². The molecule has 0 aliphatic carbocycles. The number of benzene rings is 1. The van der Waals surface area contributed by atoms with Crippen molar-refractivity contribution < 1.29 is 13.9 Å². The first-order valence-electron chi connectivity index (χ1n) is 9.11. The summed E-state index contributed by atoms with van der Waals surface area (Å²) in [4.78, 5) is 15.5. The summed E-state index contributed by atoms with van der Waals surface area (Å²) in [6.07, 6.45) is 2.83. The zero-order valence-corrected chi connectivity index (χ0v) is 16.2. The minimum absolute atomic E-state index is 0.201. The molecule has 2 saturated heterocycles. The van der Waals surface area contributed by atoms with E-state index in [0.29, 0.717) is 44.0 Å². The van der Waals surface area contributed by atoms with Crippen molar-refractivity contribution in [2.24, 2.45) is 5.73 Å². The highest BCUT2D eigenvalue weighted by Gasteiger charge is 2.32. The molecule has 0 aromatic heterocycles. The van der Waals surface area contributed by atoms with Crippen molar-refractivity contribution in [1.82, 2.24) is 5.32 Å². The van der Waals surface area contributed by atoms with Crippen LogP contribution < -0.4 is 20.9 Å². The number of nitrogens with two attached hydrogens (primary N) is 1. The molecule has 0 spiro atoms. The first-order valence-corrected chi connectivity index (χ1v) is 9.52. The lowest BCUT2D eigenvalue weighted by atomic mass is 10.0. The molecule has 3 N–H and O–H groups in total. The molecule has 9 heteroatoms. The summed E-state index contributed by atoms with van der Waals surface area (Å²) in [6, 6.07) is 6.84. The fourth-order valence-corrected chi connectivity index (χ4v) is 3.53. The Balaban J connectivity index is 1.63. The van der Waals surface area contributed by atoms with Gasteiger partial charge in [-0.15, -0.1) is 0 Å². The number of nitrogens with zero attached hydrogens (tertiary/aromatic N) is 3. The number of carbonyl (C=O) groups excluding carboxylic acids is 1. The SMILES string of the molecule is N#CC=C1CCN(c2ccc(N3C[C@H](CCNC(N)=S)OC3=O)cc2F)CC1. The van der Waals surface area contributed by atoms with Gasteiger partial charge in [0.1, 0.15) is 11.9 Å². The predicted molar refractivity (Wildman–Crippen MR) is 109 cm³/mol. The van der Waals surface area contributed by atoms with Gasteiger partial charge in [-0.25, -0.2) is 9.18 Å². The molecule has 0 saturated carbocycles. The fraction of sp³-hybridized carbons (Fsp3) is 0.421. The quantitative estimate of drug-likeness (QED) is 0.576. The van der Waals surface area contributed by atoms with E-state index in [-0.39, 0.29) is 17.0 Å². The average molecular weight is 403 g/mol. The van der Waals surface area contributed by atoms with Crippen molar-refractivity contribution in [3.05, 3.63) is 35.7 Å². The van der Waals surface area contributed by atoms with Gasteiger partial charge in [-0.05, 0) is 43.3 Å². The number of thiocarbonyl (C=S) groups is 1. The summed E-state index contributed by atoms with van der Waals surface area (Å²) in [5, 5.41) is 11.8. The van der Waals surface area contributed by atoms with E-state index in [2.05, 4.69) is 5.32 Å². The molecule has 2 aliphatic heterocycles. The van der Waals surface area contributed by atoms with Crippen molar-refractivity contribution in [3.63, 3.8) is 0 Å². The zero-order chi connectivity index (χ0) is 20.1. The summed E-state index contributed by atoms with van der Waals surface area (Å²) in [6.45, 7) is 2.18. The van der Waals surface area contributed by atoms with Gasteiger partial charge in [0, 0.05) is 32.1 Å². The number of carbonyl (C=O) groups is 1. The number of nitriles is 1. The second-order valence-corrected chi connectivity index (χ2v) is 7.19. The lowest BCUT2D eigenvalue weighted by molar-refractivity contribution is 0.137. The number of hydrogen-bond donors (Lipinski definition) is 2. The molecule has 0 unspecified atom stereocenters. The molecular formula is C19H22FN5O2S. The number of anilines is 2. The normalized spacial score (nSPS) is 19.2. The Morgan fingerprint density at radius 3 is 2.86 bits per heavy atom. The van der Waals surface area contributed by atoms with E-state index in [9.17, 15) is 9.18 Å². The number of amides is 1. The van der Waals surface area contributed by atoms with Crippen LogP contribution in [0, 0.1) is 17.1 Å². The molecule has 2 aliphatic rings. The van der Waals surface area contributed by atoms with Gasteiger partial charge in [0.15, 0.2) is 5.11 Å². The van der Waals surface area contributed by atoms with E-state index in [0.717, 1.165) is 18.4 Å². The molecule has 1 aromatic carbocycles. The minimum atomic E-state index is -0.489. The zero-order valence-electron chi connectivity index (χ0n) is 15.4. The summed E-state index contributed by atoms with van der Waals surface area (Å²) in [5.74, 6) is -0.378. The largest absolute Gasteiger partial charge is 0.444 e. The third-order valence-corrected chi connectivity index (χ3v) is 5.04. The van der Waals surface area contributed by atoms with Gasteiger partial charge in [0.25, 0.3) is 0 Å². The standard InChI is InChI=1S/C19H22FN5O2S/c20-16-11-14(25-12-15(27-19(25)26)4-8-23-18(22)28)1-2-17(16)24-9-5-13(3-7-21)6-10-24/h1-3,11,15H,4-6,8-10,12H2,(H3,22,23,28)/t15-/m0/s1. The first-order chi connectivity index (χ1) is 13.5. The minimum Gasteiger partial charge on any atom is -0.444 e. The number of halogens is 1. The lowest BCUT2D eigenvalue weighted by Crippen LogP contribution is -2.32. The maximum atomic E-state index is 14.7. The maximum Gasteiger partial charge on any atom is 0.414 e. The molecule has 148 valence electrons. The second kappa shape index (κ2) is 8.89. The monoisotopic (exact) mass is 403 g/mol. The van der Waals surface area contributed by atoms with E-state index in [1.54, 1.807) is 18.2 Å². The Labute approximate surface area is 168 Å². The van der Waals surface area contributed by atoms with Crippen molar-refractivity contribution in [3.8, 4) is 6.07 Å². The van der Waals surface area contributed by atoms with Gasteiger partial charge in [-0.2, -0.15) is 5.26 Å². The molecule has 1 aromatic rings. The van der Waals surface area contributed by atoms with Gasteiger partial charge < -0.3 is 20.7 Å². The number of rotatable bonds is 5. The predicted octanol–water partition coefficient (Wildman–Crippen LogP) is 2.42. The third-order valence-electron chi connectivity index (χ3n) is 4.90. The van der Waals surface area contributed by atoms with Crippen molar-refractivity contribution in [1.29, 1.82) is 5.26 Å². The molecule has 2 heterocycles. The number of allylic oxidation sites excluding steroid dienone is 1. The van der Waals surface area contributed by atoms with Gasteiger partial charge in [0.05, 0.1) is 24.0 Å². The van der Waals surface area contributed by atoms with Crippen LogP contribution >= 0.6 is 12.2 Å². The van der Waals surface area contributed by atoms with Gasteiger partial charge in [-0.3, -0.25) is 4.90 Å². The Bertz CT molecular complexity index is 828. The molecule has 3 rings (SSSR count). The molecule has 1 amide bonds. The Morgan fingerprint density at radius 1 is 1.46 bits per heavy atom. The number of nitrogens with one attached hydrogen (secondary N) is 1. The molecule has 0 bridgehead atoms. The Kier molecular flexibility index (Phi) is 6.31. The van der Waals surface area contributed by atoms with E-state index in [1.165, 1.54) is 11.0 Å². The third kappa shape index (κ3) is 4.70. The highest BCUT2D eigenvalue weighted by molar-refractivity contribution is 7.80. The van der Waals surface area contributed by atoms with Crippen LogP contribution in [-0.4, -0.2) is 43.5 Å². The number of piperidine rings is 1. The maximum absolute atomic E-state index is 14.7. The van der Waals surface area contributed by atoms with Crippen LogP contribution in [0.25, 0.3) is 0 Å². The molecule has 2 fully saturated rings. The van der Waals surface area contributed by atoms with Crippen molar-refractivity contribution in [2.45, 2.75) is 25.4 Å². The van der Waals surface area contributed by atoms with E-state index < -0.39 is 6.09 Å². The average Bonchev–Trinajstić information content (AvgIpc) is 3.03. The fourth-order valence-electron chi connectivity index (χ4n) is 3.43. The molecule has 7 nitrogen and oxygen atoms in total. The van der Waals surface area contributed by atoms with E-state index in [4.69, 9.17) is 28.0 Å². The van der Waals surface area contributed by atoms with Crippen LogP contribution in [0.1, 0.15) is 19.3 Å². The van der Waals surface area contributed by atoms with E-state index >= 15 is 0 Å². The first kappa shape index (κ1) is 19.9. The molecule has 28 heavy (non-hydrogen) atoms. The Hall–Kier alpha value is -2.86. The topological polar surface area (TPSA) is 94.6 Å². The van der Waals surface area contributed by atoms with Gasteiger partial charge in [0.2, 0.25) is 0 Å². The summed E-state index contributed by atoms with van der Waals surface area (Å²) >= 11 is 4.74. The Morgan fingerprint density at radius 2 is 2.21 bits per heavy atom. The van der Waals surface area contributed by atoms with Crippen LogP contribution in [-0.2, 0) is 4.74 Å². The summed E-state index contributed by atoms with van der Waals surface area (Å²) in [7, 11) is 0. The second-order valence-electron chi connectivity index (χ2n) is 6.75. The van der Waals surface area contributed by atoms with Gasteiger partial charge in [-0.1, -0.05) is 5.57 Å².